The highest BCUT2D eigenvalue weighted by molar-refractivity contribution is 7.89. The Bertz CT molecular complexity index is 643. The van der Waals surface area contributed by atoms with Gasteiger partial charge in [-0.15, -0.1) is 0 Å². The molecule has 0 aromatic heterocycles. The summed E-state index contributed by atoms with van der Waals surface area (Å²) in [5.74, 6) is 0.331. The van der Waals surface area contributed by atoms with E-state index in [0.717, 1.165) is 11.1 Å². The Labute approximate surface area is 157 Å². The number of carbonyl (C=O) groups excluding carboxylic acids is 1. The zero-order valence-electron chi connectivity index (χ0n) is 15.9. The van der Waals surface area contributed by atoms with Gasteiger partial charge in [0.2, 0.25) is 0 Å². The predicted molar refractivity (Wildman–Crippen MR) is 103 cm³/mol. The lowest BCUT2D eigenvalue weighted by Gasteiger charge is -2.25. The van der Waals surface area contributed by atoms with E-state index in [2.05, 4.69) is 0 Å². The Morgan fingerprint density at radius 1 is 1.38 bits per heavy atom. The Morgan fingerprint density at radius 3 is 2.50 bits per heavy atom. The average Bonchev–Trinajstić information content (AvgIpc) is 2.44. The molecule has 2 atom stereocenters. The average molecular weight is 384 g/mol. The number of amides is 2. The molecular weight excluding hydrogens is 356 g/mol. The number of carboxylic acid groups (broad SMARTS) is 1. The van der Waals surface area contributed by atoms with Crippen molar-refractivity contribution in [1.82, 2.24) is 4.90 Å². The van der Waals surface area contributed by atoms with Crippen molar-refractivity contribution in [2.75, 3.05) is 18.5 Å². The summed E-state index contributed by atoms with van der Waals surface area (Å²) in [6.45, 7) is 6.98. The fourth-order valence-corrected chi connectivity index (χ4v) is 3.20. The minimum atomic E-state index is -1.35. The molecule has 0 heterocycles. The molecule has 0 radical (unpaired) electrons. The molecule has 0 aliphatic rings. The number of rotatable bonds is 6. The molecule has 1 rings (SSSR count). The second-order valence-electron chi connectivity index (χ2n) is 7.28. The number of hydrogen-bond acceptors (Lipinski definition) is 5. The zero-order valence-corrected chi connectivity index (χ0v) is 16.8. The summed E-state index contributed by atoms with van der Waals surface area (Å²) in [6.07, 6.45) is -0.200. The second kappa shape index (κ2) is 9.14. The fraction of sp³-hybridized carbons (Fsp3) is 0.556. The molecule has 0 aliphatic heterocycles. The summed E-state index contributed by atoms with van der Waals surface area (Å²) in [5.41, 5.74) is 7.45. The molecule has 0 spiro atoms. The third-order valence-corrected chi connectivity index (χ3v) is 4.40. The van der Waals surface area contributed by atoms with Gasteiger partial charge < -0.3 is 20.1 Å². The van der Waals surface area contributed by atoms with E-state index >= 15 is 0 Å². The van der Waals surface area contributed by atoms with Crippen LogP contribution in [-0.2, 0) is 21.7 Å². The van der Waals surface area contributed by atoms with Gasteiger partial charge in [-0.2, -0.15) is 0 Å². The molecule has 1 aromatic rings. The Hall–Kier alpha value is -1.93. The van der Waals surface area contributed by atoms with Crippen molar-refractivity contribution in [2.24, 2.45) is 0 Å². The van der Waals surface area contributed by atoms with Crippen LogP contribution < -0.4 is 5.73 Å². The summed E-state index contributed by atoms with van der Waals surface area (Å²) >= 11 is -1.02. The van der Waals surface area contributed by atoms with Gasteiger partial charge >= 0.3 is 12.2 Å². The first-order valence-corrected chi connectivity index (χ1v) is 10.0. The lowest BCUT2D eigenvalue weighted by molar-refractivity contribution is 0.0266. The molecule has 2 amide bonds. The molecule has 1 unspecified atom stereocenters. The topological polar surface area (TPSA) is 116 Å². The molecular formula is C18H28N2O5S. The number of carbonyl (C=O) groups is 2. The van der Waals surface area contributed by atoms with Gasteiger partial charge in [-0.05, 0) is 50.8 Å². The number of nitrogens with zero attached hydrogens (tertiary/aromatic N) is 1. The summed E-state index contributed by atoms with van der Waals surface area (Å²) in [7, 11) is 0. The van der Waals surface area contributed by atoms with Crippen LogP contribution in [0, 0.1) is 0 Å². The zero-order chi connectivity index (χ0) is 20.1. The van der Waals surface area contributed by atoms with Crippen LogP contribution >= 0.6 is 0 Å². The van der Waals surface area contributed by atoms with Crippen LogP contribution in [0.3, 0.4) is 0 Å². The molecule has 146 valence electrons. The van der Waals surface area contributed by atoms with Gasteiger partial charge in [0.1, 0.15) is 11.4 Å². The largest absolute Gasteiger partial charge is 0.616 e. The molecule has 0 saturated carbocycles. The van der Waals surface area contributed by atoms with E-state index in [9.17, 15) is 19.2 Å². The summed E-state index contributed by atoms with van der Waals surface area (Å²) in [5, 5.41) is 9.30. The van der Waals surface area contributed by atoms with Gasteiger partial charge in [0, 0.05) is 17.8 Å². The van der Waals surface area contributed by atoms with Crippen molar-refractivity contribution in [3.63, 3.8) is 0 Å². The highest BCUT2D eigenvalue weighted by Crippen LogP contribution is 2.27. The van der Waals surface area contributed by atoms with Crippen LogP contribution in [0.5, 0.6) is 0 Å². The Balaban J connectivity index is 2.87. The van der Waals surface area contributed by atoms with Crippen molar-refractivity contribution < 1.29 is 24.0 Å². The molecule has 26 heavy (non-hydrogen) atoms. The third-order valence-electron chi connectivity index (χ3n) is 3.69. The molecule has 1 aromatic carbocycles. The van der Waals surface area contributed by atoms with Crippen LogP contribution in [0.15, 0.2) is 18.2 Å². The number of nitrogens with two attached hydrogens (primary N) is 1. The fourth-order valence-electron chi connectivity index (χ4n) is 2.51. The van der Waals surface area contributed by atoms with Crippen LogP contribution in [-0.4, -0.2) is 45.1 Å². The Morgan fingerprint density at radius 2 is 2.00 bits per heavy atom. The van der Waals surface area contributed by atoms with Crippen LogP contribution in [0.25, 0.3) is 0 Å². The van der Waals surface area contributed by atoms with E-state index in [1.165, 1.54) is 0 Å². The maximum Gasteiger partial charge on any atom is 0.419 e. The summed E-state index contributed by atoms with van der Waals surface area (Å²) in [6, 6.07) is 5.41. The van der Waals surface area contributed by atoms with Gasteiger partial charge in [0.15, 0.2) is 0 Å². The van der Waals surface area contributed by atoms with Gasteiger partial charge in [0.05, 0.1) is 6.26 Å². The van der Waals surface area contributed by atoms with Gasteiger partial charge in [-0.25, -0.2) is 14.5 Å². The maximum atomic E-state index is 12.1. The van der Waals surface area contributed by atoms with E-state index in [4.69, 9.17) is 10.5 Å². The smallest absolute Gasteiger partial charge is 0.419 e. The van der Waals surface area contributed by atoms with Crippen LogP contribution in [0.4, 0.5) is 15.3 Å². The second-order valence-corrected chi connectivity index (χ2v) is 8.72. The van der Waals surface area contributed by atoms with Crippen LogP contribution in [0.2, 0.25) is 0 Å². The van der Waals surface area contributed by atoms with E-state index in [1.54, 1.807) is 39.2 Å². The van der Waals surface area contributed by atoms with E-state index in [0.29, 0.717) is 22.8 Å². The number of ether oxygens (including phenoxy) is 1. The Kier molecular flexibility index (Phi) is 7.77. The number of nitrogen functional groups attached to an aromatic ring is 1. The molecule has 0 bridgehead atoms. The van der Waals surface area contributed by atoms with E-state index in [-0.39, 0.29) is 12.5 Å². The SMILES string of the molecule is C[C@@H](CCN(C(=O)O)C(=O)OC(C)(C)C)c1ccc(N)cc1C[S+](C)[O-]. The highest BCUT2D eigenvalue weighted by atomic mass is 32.2. The molecule has 7 nitrogen and oxygen atoms in total. The highest BCUT2D eigenvalue weighted by Gasteiger charge is 2.27. The standard InChI is InChI=1S/C18H28N2O5S/c1-12(15-7-6-14(19)10-13(15)11-26(5)24)8-9-20(16(21)22)17(23)25-18(2,3)4/h6-7,10,12H,8-9,11,19H2,1-5H3,(H,21,22)/t12-,26?/m0/s1. The first-order valence-electron chi connectivity index (χ1n) is 8.32. The summed E-state index contributed by atoms with van der Waals surface area (Å²) in [4.78, 5) is 24.2. The van der Waals surface area contributed by atoms with Crippen molar-refractivity contribution >= 4 is 29.0 Å². The monoisotopic (exact) mass is 384 g/mol. The van der Waals surface area contributed by atoms with E-state index in [1.807, 2.05) is 13.0 Å². The predicted octanol–water partition coefficient (Wildman–Crippen LogP) is 3.56. The van der Waals surface area contributed by atoms with Gasteiger partial charge in [-0.1, -0.05) is 24.2 Å². The number of anilines is 1. The van der Waals surface area contributed by atoms with Crippen LogP contribution in [0.1, 0.15) is 51.2 Å². The molecule has 0 aliphatic carbocycles. The number of benzene rings is 1. The molecule has 3 N–H and O–H groups in total. The quantitative estimate of drug-likeness (QED) is 0.572. The normalized spacial score (nSPS) is 13.8. The number of imide groups is 1. The van der Waals surface area contributed by atoms with E-state index < -0.39 is 29.0 Å². The van der Waals surface area contributed by atoms with Gasteiger partial charge in [-0.3, -0.25) is 0 Å². The van der Waals surface area contributed by atoms with Crippen molar-refractivity contribution in [3.05, 3.63) is 29.3 Å². The lowest BCUT2D eigenvalue weighted by atomic mass is 9.93. The number of hydrogen-bond donors (Lipinski definition) is 2. The molecule has 8 heteroatoms. The van der Waals surface area contributed by atoms with Crippen molar-refractivity contribution in [2.45, 2.75) is 51.4 Å². The van der Waals surface area contributed by atoms with Gasteiger partial charge in [0.25, 0.3) is 0 Å². The first kappa shape index (κ1) is 22.1. The van der Waals surface area contributed by atoms with Crippen molar-refractivity contribution in [3.8, 4) is 0 Å². The molecule has 0 saturated heterocycles. The molecule has 0 fully saturated rings. The maximum absolute atomic E-state index is 12.1. The third kappa shape index (κ3) is 7.13. The minimum Gasteiger partial charge on any atom is -0.616 e. The minimum absolute atomic E-state index is 0.00441. The first-order chi connectivity index (χ1) is 11.9. The summed E-state index contributed by atoms with van der Waals surface area (Å²) < 4.78 is 16.7. The lowest BCUT2D eigenvalue weighted by Crippen LogP contribution is -2.41. The van der Waals surface area contributed by atoms with Crippen molar-refractivity contribution in [1.29, 1.82) is 0 Å².